The van der Waals surface area contributed by atoms with Crippen LogP contribution < -0.4 is 11.1 Å². The lowest BCUT2D eigenvalue weighted by molar-refractivity contribution is -0.137. The highest BCUT2D eigenvalue weighted by Crippen LogP contribution is 2.16. The monoisotopic (exact) mass is 299 g/mol. The second-order valence-corrected chi connectivity index (χ2v) is 5.74. The number of likely N-dealkylation sites (tertiary alicyclic amines) is 1. The maximum atomic E-state index is 12.0. The number of carbonyl (C=O) groups is 3. The largest absolute Gasteiger partial charge is 0.481 e. The molecule has 1 heterocycles. The minimum absolute atomic E-state index is 0.0496. The maximum absolute atomic E-state index is 12.0. The third kappa shape index (κ3) is 6.46. The van der Waals surface area contributed by atoms with E-state index in [9.17, 15) is 14.4 Å². The van der Waals surface area contributed by atoms with Crippen molar-refractivity contribution in [3.8, 4) is 0 Å². The Morgan fingerprint density at radius 1 is 1.38 bits per heavy atom. The van der Waals surface area contributed by atoms with Crippen molar-refractivity contribution < 1.29 is 19.5 Å². The first-order valence-corrected chi connectivity index (χ1v) is 7.44. The highest BCUT2D eigenvalue weighted by molar-refractivity contribution is 5.80. The molecule has 1 aliphatic heterocycles. The van der Waals surface area contributed by atoms with Gasteiger partial charge >= 0.3 is 12.0 Å². The second-order valence-electron chi connectivity index (χ2n) is 5.74. The summed E-state index contributed by atoms with van der Waals surface area (Å²) in [6.07, 6.45) is 3.08. The van der Waals surface area contributed by atoms with E-state index in [0.717, 1.165) is 19.3 Å². The van der Waals surface area contributed by atoms with E-state index in [1.807, 2.05) is 6.92 Å². The average molecular weight is 299 g/mol. The van der Waals surface area contributed by atoms with Crippen molar-refractivity contribution in [3.05, 3.63) is 0 Å². The Hall–Kier alpha value is -1.79. The van der Waals surface area contributed by atoms with Gasteiger partial charge in [0.2, 0.25) is 5.91 Å². The average Bonchev–Trinajstić information content (AvgIpc) is 2.45. The first-order valence-electron chi connectivity index (χ1n) is 7.44. The number of rotatable bonds is 7. The van der Waals surface area contributed by atoms with E-state index in [-0.39, 0.29) is 24.2 Å². The molecule has 0 aromatic rings. The molecule has 4 N–H and O–H groups in total. The Labute approximate surface area is 124 Å². The van der Waals surface area contributed by atoms with E-state index in [4.69, 9.17) is 10.8 Å². The molecule has 120 valence electrons. The van der Waals surface area contributed by atoms with Gasteiger partial charge in [0, 0.05) is 26.1 Å². The van der Waals surface area contributed by atoms with Crippen molar-refractivity contribution >= 4 is 17.9 Å². The number of nitrogens with one attached hydrogen (secondary N) is 1. The molecular weight excluding hydrogens is 274 g/mol. The summed E-state index contributed by atoms with van der Waals surface area (Å²) in [4.78, 5) is 35.1. The zero-order chi connectivity index (χ0) is 15.8. The summed E-state index contributed by atoms with van der Waals surface area (Å²) >= 11 is 0. The van der Waals surface area contributed by atoms with E-state index in [1.54, 1.807) is 0 Å². The molecule has 0 radical (unpaired) electrons. The summed E-state index contributed by atoms with van der Waals surface area (Å²) in [5.41, 5.74) is 5.23. The summed E-state index contributed by atoms with van der Waals surface area (Å²) in [7, 11) is 0. The number of carbonyl (C=O) groups excluding carboxylic acids is 2. The van der Waals surface area contributed by atoms with Gasteiger partial charge in [-0.1, -0.05) is 6.92 Å². The number of carboxylic acid groups (broad SMARTS) is 1. The van der Waals surface area contributed by atoms with Gasteiger partial charge in [0.05, 0.1) is 5.92 Å². The van der Waals surface area contributed by atoms with E-state index in [2.05, 4.69) is 5.32 Å². The lowest BCUT2D eigenvalue weighted by atomic mass is 9.97. The summed E-state index contributed by atoms with van der Waals surface area (Å²) < 4.78 is 0. The molecule has 1 rings (SSSR count). The molecule has 1 aliphatic rings. The van der Waals surface area contributed by atoms with E-state index in [0.29, 0.717) is 26.1 Å². The van der Waals surface area contributed by atoms with Gasteiger partial charge in [-0.3, -0.25) is 9.59 Å². The van der Waals surface area contributed by atoms with Crippen molar-refractivity contribution in [2.75, 3.05) is 19.6 Å². The molecule has 0 saturated carbocycles. The predicted octanol–water partition coefficient (Wildman–Crippen LogP) is 0.784. The molecule has 2 unspecified atom stereocenters. The molecule has 0 aromatic heterocycles. The first kappa shape index (κ1) is 17.3. The van der Waals surface area contributed by atoms with E-state index < -0.39 is 12.0 Å². The first-order chi connectivity index (χ1) is 9.90. The van der Waals surface area contributed by atoms with Crippen LogP contribution in [0.25, 0.3) is 0 Å². The van der Waals surface area contributed by atoms with Crippen molar-refractivity contribution in [3.63, 3.8) is 0 Å². The minimum atomic E-state index is -0.792. The Morgan fingerprint density at radius 2 is 2.10 bits per heavy atom. The maximum Gasteiger partial charge on any atom is 0.314 e. The standard InChI is InChI=1S/C14H25N3O4/c1-10(4-5-12(18)19)6-7-16-13(20)11-3-2-8-17(9-11)14(15)21/h10-11H,2-9H2,1H3,(H2,15,21)(H,16,20)(H,18,19). The van der Waals surface area contributed by atoms with Gasteiger partial charge in [-0.15, -0.1) is 0 Å². The van der Waals surface area contributed by atoms with Gasteiger partial charge in [0.1, 0.15) is 0 Å². The predicted molar refractivity (Wildman–Crippen MR) is 77.5 cm³/mol. The van der Waals surface area contributed by atoms with Crippen LogP contribution in [0.2, 0.25) is 0 Å². The van der Waals surface area contributed by atoms with Crippen molar-refractivity contribution in [2.45, 2.75) is 39.0 Å². The lowest BCUT2D eigenvalue weighted by Crippen LogP contribution is -2.47. The van der Waals surface area contributed by atoms with Crippen LogP contribution in [0, 0.1) is 11.8 Å². The molecule has 1 fully saturated rings. The molecular formula is C14H25N3O4. The third-order valence-corrected chi connectivity index (χ3v) is 3.89. The molecule has 21 heavy (non-hydrogen) atoms. The fraction of sp³-hybridized carbons (Fsp3) is 0.786. The highest BCUT2D eigenvalue weighted by Gasteiger charge is 2.27. The molecule has 0 bridgehead atoms. The fourth-order valence-electron chi connectivity index (χ4n) is 2.49. The second kappa shape index (κ2) is 8.49. The van der Waals surface area contributed by atoms with Crippen LogP contribution in [0.5, 0.6) is 0 Å². The van der Waals surface area contributed by atoms with Crippen LogP contribution in [-0.4, -0.2) is 47.5 Å². The molecule has 2 atom stereocenters. The van der Waals surface area contributed by atoms with Crippen LogP contribution in [-0.2, 0) is 9.59 Å². The molecule has 0 aromatic carbocycles. The van der Waals surface area contributed by atoms with Gasteiger partial charge in [-0.2, -0.15) is 0 Å². The van der Waals surface area contributed by atoms with Crippen LogP contribution >= 0.6 is 0 Å². The SMILES string of the molecule is CC(CCNC(=O)C1CCCN(C(N)=O)C1)CCC(=O)O. The number of urea groups is 1. The molecule has 7 nitrogen and oxygen atoms in total. The number of amides is 3. The Morgan fingerprint density at radius 3 is 2.71 bits per heavy atom. The van der Waals surface area contributed by atoms with Crippen LogP contribution in [0.15, 0.2) is 0 Å². The molecule has 3 amide bonds. The van der Waals surface area contributed by atoms with Crippen LogP contribution in [0.1, 0.15) is 39.0 Å². The van der Waals surface area contributed by atoms with Crippen LogP contribution in [0.4, 0.5) is 4.79 Å². The lowest BCUT2D eigenvalue weighted by Gasteiger charge is -2.30. The quantitative estimate of drug-likeness (QED) is 0.644. The zero-order valence-corrected chi connectivity index (χ0v) is 12.5. The van der Waals surface area contributed by atoms with Gasteiger partial charge in [-0.05, 0) is 31.6 Å². The van der Waals surface area contributed by atoms with E-state index >= 15 is 0 Å². The number of piperidine rings is 1. The fourth-order valence-corrected chi connectivity index (χ4v) is 2.49. The van der Waals surface area contributed by atoms with Crippen molar-refractivity contribution in [2.24, 2.45) is 17.6 Å². The van der Waals surface area contributed by atoms with E-state index in [1.165, 1.54) is 4.90 Å². The summed E-state index contributed by atoms with van der Waals surface area (Å²) in [5.74, 6) is -0.776. The van der Waals surface area contributed by atoms with Crippen molar-refractivity contribution in [1.29, 1.82) is 0 Å². The molecule has 1 saturated heterocycles. The Balaban J connectivity index is 2.24. The molecule has 7 heteroatoms. The van der Waals surface area contributed by atoms with Crippen LogP contribution in [0.3, 0.4) is 0 Å². The third-order valence-electron chi connectivity index (χ3n) is 3.89. The summed E-state index contributed by atoms with van der Waals surface area (Å²) in [6.45, 7) is 3.51. The topological polar surface area (TPSA) is 113 Å². The number of hydrogen-bond donors (Lipinski definition) is 3. The summed E-state index contributed by atoms with van der Waals surface area (Å²) in [5, 5.41) is 11.5. The van der Waals surface area contributed by atoms with Crippen molar-refractivity contribution in [1.82, 2.24) is 10.2 Å². The minimum Gasteiger partial charge on any atom is -0.481 e. The molecule has 0 spiro atoms. The van der Waals surface area contributed by atoms with Gasteiger partial charge < -0.3 is 21.1 Å². The number of aliphatic carboxylic acids is 1. The zero-order valence-electron chi connectivity index (χ0n) is 12.5. The number of primary amides is 1. The molecule has 0 aliphatic carbocycles. The normalized spacial score (nSPS) is 19.9. The number of hydrogen-bond acceptors (Lipinski definition) is 3. The van der Waals surface area contributed by atoms with Gasteiger partial charge in [0.15, 0.2) is 0 Å². The number of carboxylic acids is 1. The smallest absolute Gasteiger partial charge is 0.314 e. The Kier molecular flexibility index (Phi) is 6.98. The van der Waals surface area contributed by atoms with Gasteiger partial charge in [0.25, 0.3) is 0 Å². The number of nitrogens with two attached hydrogens (primary N) is 1. The summed E-state index contributed by atoms with van der Waals surface area (Å²) in [6, 6.07) is -0.477. The van der Waals surface area contributed by atoms with Gasteiger partial charge in [-0.25, -0.2) is 4.79 Å². The Bertz CT molecular complexity index is 386. The highest BCUT2D eigenvalue weighted by atomic mass is 16.4. The number of nitrogens with zero attached hydrogens (tertiary/aromatic N) is 1.